The van der Waals surface area contributed by atoms with Gasteiger partial charge in [-0.15, -0.1) is 0 Å². The lowest BCUT2D eigenvalue weighted by atomic mass is 10.1. The number of hydrogen-bond acceptors (Lipinski definition) is 5. The Kier molecular flexibility index (Phi) is 8.21. The molecule has 26 heavy (non-hydrogen) atoms. The van der Waals surface area contributed by atoms with Crippen molar-refractivity contribution in [3.63, 3.8) is 0 Å². The minimum Gasteiger partial charge on any atom is -0.469 e. The number of nitrogens with one attached hydrogen (secondary N) is 2. The molecule has 1 aromatic carbocycles. The summed E-state index contributed by atoms with van der Waals surface area (Å²) in [7, 11) is 3.03. The Morgan fingerprint density at radius 1 is 1.12 bits per heavy atom. The molecule has 0 amide bonds. The SMILES string of the molecule is COCCNC(=NCc1ccc(C(=O)OC)cc1)NCCc1ccco1. The van der Waals surface area contributed by atoms with Crippen molar-refractivity contribution < 1.29 is 18.7 Å². The zero-order chi connectivity index (χ0) is 18.6. The van der Waals surface area contributed by atoms with E-state index in [1.165, 1.54) is 7.11 Å². The molecule has 2 N–H and O–H groups in total. The summed E-state index contributed by atoms with van der Waals surface area (Å²) in [6.07, 6.45) is 2.44. The van der Waals surface area contributed by atoms with Gasteiger partial charge in [-0.3, -0.25) is 0 Å². The molecule has 0 atom stereocenters. The number of esters is 1. The maximum Gasteiger partial charge on any atom is 0.337 e. The summed E-state index contributed by atoms with van der Waals surface area (Å²) in [5.74, 6) is 1.28. The maximum absolute atomic E-state index is 11.5. The second-order valence-corrected chi connectivity index (χ2v) is 5.53. The van der Waals surface area contributed by atoms with Crippen molar-refractivity contribution in [3.8, 4) is 0 Å². The fourth-order valence-corrected chi connectivity index (χ4v) is 2.24. The van der Waals surface area contributed by atoms with Crippen LogP contribution in [0, 0.1) is 0 Å². The maximum atomic E-state index is 11.5. The summed E-state index contributed by atoms with van der Waals surface area (Å²) in [4.78, 5) is 16.0. The van der Waals surface area contributed by atoms with E-state index in [1.807, 2.05) is 24.3 Å². The third-order valence-electron chi connectivity index (χ3n) is 3.64. The van der Waals surface area contributed by atoms with Crippen molar-refractivity contribution in [2.24, 2.45) is 4.99 Å². The normalized spacial score (nSPS) is 11.2. The van der Waals surface area contributed by atoms with Crippen LogP contribution < -0.4 is 10.6 Å². The Balaban J connectivity index is 1.90. The van der Waals surface area contributed by atoms with Crippen LogP contribution in [0.15, 0.2) is 52.1 Å². The van der Waals surface area contributed by atoms with Crippen molar-refractivity contribution >= 4 is 11.9 Å². The van der Waals surface area contributed by atoms with Gasteiger partial charge in [-0.2, -0.15) is 0 Å². The topological polar surface area (TPSA) is 85.1 Å². The monoisotopic (exact) mass is 359 g/mol. The van der Waals surface area contributed by atoms with E-state index in [9.17, 15) is 4.79 Å². The summed E-state index contributed by atoms with van der Waals surface area (Å²) in [6, 6.07) is 11.0. The largest absolute Gasteiger partial charge is 0.469 e. The van der Waals surface area contributed by atoms with Crippen molar-refractivity contribution in [2.75, 3.05) is 33.9 Å². The summed E-state index contributed by atoms with van der Waals surface area (Å²) in [6.45, 7) is 2.44. The van der Waals surface area contributed by atoms with E-state index in [4.69, 9.17) is 13.9 Å². The van der Waals surface area contributed by atoms with Crippen molar-refractivity contribution in [2.45, 2.75) is 13.0 Å². The molecule has 0 aliphatic heterocycles. The highest BCUT2D eigenvalue weighted by Gasteiger charge is 2.05. The molecular formula is C19H25N3O4. The average Bonchev–Trinajstić information content (AvgIpc) is 3.19. The Morgan fingerprint density at radius 2 is 1.88 bits per heavy atom. The van der Waals surface area contributed by atoms with Crippen LogP contribution in [0.4, 0.5) is 0 Å². The zero-order valence-corrected chi connectivity index (χ0v) is 15.2. The average molecular weight is 359 g/mol. The lowest BCUT2D eigenvalue weighted by molar-refractivity contribution is 0.0600. The summed E-state index contributed by atoms with van der Waals surface area (Å²) >= 11 is 0. The molecule has 0 spiro atoms. The Hall–Kier alpha value is -2.80. The fraction of sp³-hybridized carbons (Fsp3) is 0.368. The first-order valence-electron chi connectivity index (χ1n) is 8.43. The van der Waals surface area contributed by atoms with E-state index >= 15 is 0 Å². The van der Waals surface area contributed by atoms with Crippen molar-refractivity contribution in [1.29, 1.82) is 0 Å². The number of rotatable bonds is 9. The molecule has 0 unspecified atom stereocenters. The van der Waals surface area contributed by atoms with Crippen LogP contribution in [0.2, 0.25) is 0 Å². The summed E-state index contributed by atoms with van der Waals surface area (Å²) in [5, 5.41) is 6.49. The number of carbonyl (C=O) groups is 1. The molecule has 1 aromatic heterocycles. The van der Waals surface area contributed by atoms with Gasteiger partial charge in [0.05, 0.1) is 32.1 Å². The minimum atomic E-state index is -0.346. The van der Waals surface area contributed by atoms with Crippen LogP contribution >= 0.6 is 0 Å². The number of hydrogen-bond donors (Lipinski definition) is 2. The predicted molar refractivity (Wildman–Crippen MR) is 99.2 cm³/mol. The molecule has 0 fully saturated rings. The highest BCUT2D eigenvalue weighted by Crippen LogP contribution is 2.07. The van der Waals surface area contributed by atoms with Gasteiger partial charge in [0, 0.05) is 26.6 Å². The Labute approximate surface area is 153 Å². The number of ether oxygens (including phenoxy) is 2. The predicted octanol–water partition coefficient (Wildman–Crippen LogP) is 1.99. The molecule has 0 aliphatic carbocycles. The molecule has 7 nitrogen and oxygen atoms in total. The molecule has 0 saturated carbocycles. The van der Waals surface area contributed by atoms with Gasteiger partial charge >= 0.3 is 5.97 Å². The van der Waals surface area contributed by atoms with E-state index in [0.29, 0.717) is 37.8 Å². The molecule has 1 heterocycles. The number of carbonyl (C=O) groups excluding carboxylic acids is 1. The second-order valence-electron chi connectivity index (χ2n) is 5.53. The van der Waals surface area contributed by atoms with Gasteiger partial charge in [0.25, 0.3) is 0 Å². The van der Waals surface area contributed by atoms with Crippen LogP contribution in [-0.2, 0) is 22.4 Å². The Bertz CT molecular complexity index is 681. The second kappa shape index (κ2) is 10.9. The van der Waals surface area contributed by atoms with E-state index in [0.717, 1.165) is 17.7 Å². The van der Waals surface area contributed by atoms with Gasteiger partial charge in [0.1, 0.15) is 5.76 Å². The van der Waals surface area contributed by atoms with Crippen LogP contribution in [0.3, 0.4) is 0 Å². The quantitative estimate of drug-likeness (QED) is 0.308. The first-order valence-corrected chi connectivity index (χ1v) is 8.43. The summed E-state index contributed by atoms with van der Waals surface area (Å²) < 4.78 is 15.1. The van der Waals surface area contributed by atoms with Gasteiger partial charge in [-0.25, -0.2) is 9.79 Å². The number of methoxy groups -OCH3 is 2. The molecule has 7 heteroatoms. The zero-order valence-electron chi connectivity index (χ0n) is 15.2. The van der Waals surface area contributed by atoms with Gasteiger partial charge in [0.2, 0.25) is 0 Å². The molecule has 2 rings (SSSR count). The van der Waals surface area contributed by atoms with Crippen LogP contribution in [0.5, 0.6) is 0 Å². The van der Waals surface area contributed by atoms with Gasteiger partial charge in [0.15, 0.2) is 5.96 Å². The summed E-state index contributed by atoms with van der Waals surface area (Å²) in [5.41, 5.74) is 1.52. The molecule has 0 saturated heterocycles. The van der Waals surface area contributed by atoms with Crippen LogP contribution in [-0.4, -0.2) is 45.8 Å². The third kappa shape index (κ3) is 6.60. The number of nitrogens with zero attached hydrogens (tertiary/aromatic N) is 1. The van der Waals surface area contributed by atoms with E-state index < -0.39 is 0 Å². The molecule has 2 aromatic rings. The van der Waals surface area contributed by atoms with Crippen molar-refractivity contribution in [1.82, 2.24) is 10.6 Å². The first-order chi connectivity index (χ1) is 12.7. The third-order valence-corrected chi connectivity index (χ3v) is 3.64. The van der Waals surface area contributed by atoms with E-state index in [-0.39, 0.29) is 5.97 Å². The first kappa shape index (κ1) is 19.5. The Morgan fingerprint density at radius 3 is 2.54 bits per heavy atom. The smallest absolute Gasteiger partial charge is 0.337 e. The number of benzene rings is 1. The lowest BCUT2D eigenvalue weighted by Gasteiger charge is -2.12. The van der Waals surface area contributed by atoms with E-state index in [1.54, 1.807) is 25.5 Å². The van der Waals surface area contributed by atoms with Gasteiger partial charge < -0.3 is 24.5 Å². The number of guanidine groups is 1. The van der Waals surface area contributed by atoms with E-state index in [2.05, 4.69) is 15.6 Å². The lowest BCUT2D eigenvalue weighted by Crippen LogP contribution is -2.40. The molecular weight excluding hydrogens is 334 g/mol. The van der Waals surface area contributed by atoms with Crippen LogP contribution in [0.25, 0.3) is 0 Å². The number of aliphatic imine (C=N–C) groups is 1. The fourth-order valence-electron chi connectivity index (χ4n) is 2.24. The van der Waals surface area contributed by atoms with Gasteiger partial charge in [-0.1, -0.05) is 12.1 Å². The molecule has 0 bridgehead atoms. The van der Waals surface area contributed by atoms with Crippen molar-refractivity contribution in [3.05, 3.63) is 59.5 Å². The van der Waals surface area contributed by atoms with Crippen LogP contribution in [0.1, 0.15) is 21.7 Å². The molecule has 140 valence electrons. The highest BCUT2D eigenvalue weighted by atomic mass is 16.5. The highest BCUT2D eigenvalue weighted by molar-refractivity contribution is 5.89. The standard InChI is InChI=1S/C19H25N3O4/c1-24-13-11-21-19(20-10-9-17-4-3-12-26-17)22-14-15-5-7-16(8-6-15)18(23)25-2/h3-8,12H,9-11,13-14H2,1-2H3,(H2,20,21,22). The minimum absolute atomic E-state index is 0.346. The molecule has 0 radical (unpaired) electrons. The molecule has 0 aliphatic rings. The van der Waals surface area contributed by atoms with Gasteiger partial charge in [-0.05, 0) is 29.8 Å². The number of furan rings is 1.